The molecule has 0 aromatic carbocycles. The summed E-state index contributed by atoms with van der Waals surface area (Å²) in [6, 6.07) is 0. The van der Waals surface area contributed by atoms with Crippen LogP contribution >= 0.6 is 24.8 Å². The van der Waals surface area contributed by atoms with Crippen LogP contribution in [0.4, 0.5) is 0 Å². The number of halogens is 2. The van der Waals surface area contributed by atoms with E-state index in [0.717, 1.165) is 0 Å². The van der Waals surface area contributed by atoms with Crippen molar-refractivity contribution >= 4 is 24.8 Å². The number of rotatable bonds is 5. The molecule has 4 heteroatoms. The van der Waals surface area contributed by atoms with Crippen LogP contribution in [0.5, 0.6) is 0 Å². The Morgan fingerprint density at radius 1 is 0.733 bits per heavy atom. The number of hydrogen-bond donors (Lipinski definition) is 0. The summed E-state index contributed by atoms with van der Waals surface area (Å²) in [6.45, 7) is 3.50. The molecule has 0 fully saturated rings. The van der Waals surface area contributed by atoms with E-state index in [0.29, 0.717) is 0 Å². The Hall–Kier alpha value is 0.500. The van der Waals surface area contributed by atoms with E-state index >= 15 is 0 Å². The second-order valence-electron chi connectivity index (χ2n) is 4.21. The molecule has 0 saturated carbocycles. The molecule has 0 aromatic heterocycles. The molecule has 0 spiro atoms. The largest absolute Gasteiger partial charge is 0.312 e. The normalized spacial score (nSPS) is 8.80. The molecule has 0 bridgehead atoms. The van der Waals surface area contributed by atoms with Crippen LogP contribution in [0.3, 0.4) is 0 Å². The van der Waals surface area contributed by atoms with Crippen molar-refractivity contribution in [2.45, 2.75) is 32.6 Å². The second kappa shape index (κ2) is 20.0. The molecule has 0 aliphatic rings. The fraction of sp³-hybridized carbons (Fsp3) is 1.00. The molecule has 2 nitrogen and oxygen atoms in total. The lowest BCUT2D eigenvalue weighted by Gasteiger charge is -2.07. The van der Waals surface area contributed by atoms with Crippen LogP contribution < -0.4 is 0 Å². The predicted octanol–water partition coefficient (Wildman–Crippen LogP) is 3.15. The summed E-state index contributed by atoms with van der Waals surface area (Å²) in [4.78, 5) is 4.25. The smallest absolute Gasteiger partial charge is 0.00248 e. The molecule has 0 amide bonds. The predicted molar refractivity (Wildman–Crippen MR) is 76.8 cm³/mol. The van der Waals surface area contributed by atoms with Gasteiger partial charge in [-0.05, 0) is 48.2 Å². The lowest BCUT2D eigenvalue weighted by Crippen LogP contribution is -2.12. The lowest BCUT2D eigenvalue weighted by atomic mass is 10.2. The number of nitrogens with zero attached hydrogens (tertiary/aromatic N) is 2. The van der Waals surface area contributed by atoms with Gasteiger partial charge in [-0.15, -0.1) is 24.8 Å². The van der Waals surface area contributed by atoms with Gasteiger partial charge in [0.1, 0.15) is 0 Å². The third kappa shape index (κ3) is 53.6. The summed E-state index contributed by atoms with van der Waals surface area (Å²) in [6.07, 6.45) is 5.50. The second-order valence-corrected chi connectivity index (χ2v) is 4.21. The van der Waals surface area contributed by atoms with E-state index in [2.05, 4.69) is 25.9 Å². The molecule has 0 atom stereocenters. The van der Waals surface area contributed by atoms with Gasteiger partial charge in [-0.1, -0.05) is 26.2 Å². The highest BCUT2D eigenvalue weighted by molar-refractivity contribution is 5.85. The van der Waals surface area contributed by atoms with E-state index in [1.54, 1.807) is 0 Å². The van der Waals surface area contributed by atoms with Gasteiger partial charge in [-0.2, -0.15) is 0 Å². The highest BCUT2D eigenvalue weighted by Gasteiger charge is 1.88. The van der Waals surface area contributed by atoms with E-state index in [9.17, 15) is 0 Å². The molecule has 15 heavy (non-hydrogen) atoms. The van der Waals surface area contributed by atoms with Gasteiger partial charge in [0.15, 0.2) is 0 Å². The van der Waals surface area contributed by atoms with E-state index in [-0.39, 0.29) is 24.8 Å². The first-order chi connectivity index (χ1) is 6.00. The van der Waals surface area contributed by atoms with Crippen LogP contribution in [0.2, 0.25) is 0 Å². The topological polar surface area (TPSA) is 6.48 Å². The SMILES string of the molecule is CCCCCCN(C)C.CN(C)C.Cl.Cl. The Labute approximate surface area is 109 Å². The van der Waals surface area contributed by atoms with Crippen LogP contribution in [-0.2, 0) is 0 Å². The van der Waals surface area contributed by atoms with Gasteiger partial charge < -0.3 is 9.80 Å². The zero-order valence-electron chi connectivity index (χ0n) is 11.2. The monoisotopic (exact) mass is 260 g/mol. The van der Waals surface area contributed by atoms with Gasteiger partial charge in [0, 0.05) is 0 Å². The Balaban J connectivity index is -0.0000000883. The first kappa shape index (κ1) is 24.6. The molecule has 0 aromatic rings. The summed E-state index contributed by atoms with van der Waals surface area (Å²) < 4.78 is 0. The lowest BCUT2D eigenvalue weighted by molar-refractivity contribution is 0.391. The quantitative estimate of drug-likeness (QED) is 0.701. The van der Waals surface area contributed by atoms with E-state index in [1.165, 1.54) is 32.2 Å². The van der Waals surface area contributed by atoms with Crippen molar-refractivity contribution in [1.29, 1.82) is 0 Å². The summed E-state index contributed by atoms with van der Waals surface area (Å²) in [7, 11) is 10.3. The Kier molecular flexibility index (Phi) is 32.8. The minimum absolute atomic E-state index is 0. The zero-order valence-corrected chi connectivity index (χ0v) is 12.9. The Morgan fingerprint density at radius 2 is 1.13 bits per heavy atom. The molecular formula is C11H30Cl2N2. The minimum Gasteiger partial charge on any atom is -0.312 e. The summed E-state index contributed by atoms with van der Waals surface area (Å²) in [5, 5.41) is 0. The van der Waals surface area contributed by atoms with Crippen molar-refractivity contribution in [3.8, 4) is 0 Å². The first-order valence-corrected chi connectivity index (χ1v) is 5.26. The Morgan fingerprint density at radius 3 is 1.40 bits per heavy atom. The van der Waals surface area contributed by atoms with Crippen LogP contribution in [0.15, 0.2) is 0 Å². The van der Waals surface area contributed by atoms with E-state index < -0.39 is 0 Å². The van der Waals surface area contributed by atoms with Crippen molar-refractivity contribution in [1.82, 2.24) is 9.80 Å². The molecule has 0 radical (unpaired) electrons. The van der Waals surface area contributed by atoms with Gasteiger partial charge in [0.05, 0.1) is 0 Å². The van der Waals surface area contributed by atoms with Gasteiger partial charge >= 0.3 is 0 Å². The van der Waals surface area contributed by atoms with Gasteiger partial charge in [-0.3, -0.25) is 0 Å². The fourth-order valence-corrected chi connectivity index (χ4v) is 0.855. The van der Waals surface area contributed by atoms with Crippen molar-refractivity contribution in [3.63, 3.8) is 0 Å². The molecule has 0 saturated heterocycles. The Bertz CT molecular complexity index is 85.9. The minimum atomic E-state index is 0. The van der Waals surface area contributed by atoms with Crippen LogP contribution in [-0.4, -0.2) is 51.6 Å². The zero-order chi connectivity index (χ0) is 10.7. The summed E-state index contributed by atoms with van der Waals surface area (Å²) in [5.41, 5.74) is 0. The average molecular weight is 261 g/mol. The number of unbranched alkanes of at least 4 members (excludes halogenated alkanes) is 3. The average Bonchev–Trinajstić information content (AvgIpc) is 1.97. The van der Waals surface area contributed by atoms with Crippen LogP contribution in [0.1, 0.15) is 32.6 Å². The highest BCUT2D eigenvalue weighted by Crippen LogP contribution is 1.98. The fourth-order valence-electron chi connectivity index (χ4n) is 0.855. The van der Waals surface area contributed by atoms with Gasteiger partial charge in [0.25, 0.3) is 0 Å². The van der Waals surface area contributed by atoms with Crippen LogP contribution in [0.25, 0.3) is 0 Å². The molecule has 0 N–H and O–H groups in total. The van der Waals surface area contributed by atoms with Gasteiger partial charge in [0.2, 0.25) is 0 Å². The maximum atomic E-state index is 2.25. The molecule has 0 rings (SSSR count). The standard InChI is InChI=1S/C8H19N.C3H9N.2ClH/c1-4-5-6-7-8-9(2)3;1-4(2)3;;/h4-8H2,1-3H3;1-3H3;2*1H. The van der Waals surface area contributed by atoms with Crippen molar-refractivity contribution < 1.29 is 0 Å². The van der Waals surface area contributed by atoms with Crippen LogP contribution in [0, 0.1) is 0 Å². The molecule has 0 unspecified atom stereocenters. The number of hydrogen-bond acceptors (Lipinski definition) is 2. The van der Waals surface area contributed by atoms with Crippen molar-refractivity contribution in [2.24, 2.45) is 0 Å². The molecule has 98 valence electrons. The van der Waals surface area contributed by atoms with E-state index in [4.69, 9.17) is 0 Å². The molecule has 0 aliphatic carbocycles. The van der Waals surface area contributed by atoms with Crippen molar-refractivity contribution in [3.05, 3.63) is 0 Å². The highest BCUT2D eigenvalue weighted by atomic mass is 35.5. The van der Waals surface area contributed by atoms with E-state index in [1.807, 2.05) is 26.0 Å². The molecule has 0 aliphatic heterocycles. The summed E-state index contributed by atoms with van der Waals surface area (Å²) >= 11 is 0. The maximum Gasteiger partial charge on any atom is -0.00248 e. The summed E-state index contributed by atoms with van der Waals surface area (Å²) in [5.74, 6) is 0. The third-order valence-corrected chi connectivity index (χ3v) is 1.46. The maximum absolute atomic E-state index is 2.25. The third-order valence-electron chi connectivity index (χ3n) is 1.46. The molecule has 0 heterocycles. The first-order valence-electron chi connectivity index (χ1n) is 5.26. The van der Waals surface area contributed by atoms with Gasteiger partial charge in [-0.25, -0.2) is 0 Å². The van der Waals surface area contributed by atoms with Crippen molar-refractivity contribution in [2.75, 3.05) is 41.8 Å². The molecular weight excluding hydrogens is 231 g/mol.